The van der Waals surface area contributed by atoms with Crippen LogP contribution in [0, 0.1) is 6.92 Å². The molecule has 0 saturated heterocycles. The number of alkyl halides is 2. The van der Waals surface area contributed by atoms with Crippen LogP contribution in [0.3, 0.4) is 0 Å². The van der Waals surface area contributed by atoms with Gasteiger partial charge in [0, 0.05) is 16.5 Å². The maximum Gasteiger partial charge on any atom is 0.387 e. The third kappa shape index (κ3) is 3.47. The number of ether oxygens (including phenoxy) is 1. The zero-order chi connectivity index (χ0) is 18.0. The first-order valence-electron chi connectivity index (χ1n) is 7.80. The summed E-state index contributed by atoms with van der Waals surface area (Å²) in [5.74, 6) is -0.167. The zero-order valence-corrected chi connectivity index (χ0v) is 13.8. The van der Waals surface area contributed by atoms with Crippen LogP contribution < -0.4 is 10.1 Å². The second-order valence-corrected chi connectivity index (χ2v) is 5.66. The molecular formula is C19H17F2NO3. The van der Waals surface area contributed by atoms with Gasteiger partial charge in [0.1, 0.15) is 11.3 Å². The van der Waals surface area contributed by atoms with E-state index in [9.17, 15) is 13.6 Å². The topological polar surface area (TPSA) is 51.5 Å². The molecule has 4 nitrogen and oxygen atoms in total. The summed E-state index contributed by atoms with van der Waals surface area (Å²) in [6.45, 7) is 0.574. The van der Waals surface area contributed by atoms with Crippen LogP contribution in [-0.2, 0) is 0 Å². The van der Waals surface area contributed by atoms with Crippen molar-refractivity contribution in [3.05, 3.63) is 65.4 Å². The predicted molar refractivity (Wildman–Crippen MR) is 89.9 cm³/mol. The maximum absolute atomic E-state index is 12.6. The molecule has 6 heteroatoms. The standard InChI is InChI=1S/C19H17F2NO3/c1-11-13-7-3-5-9-15(13)24-17(11)18(23)22-12(2)14-8-4-6-10-16(14)25-19(20)21/h3-10,12,19H,1-2H3,(H,22,23)/t12-/m0/s1. The fourth-order valence-electron chi connectivity index (χ4n) is 2.77. The lowest BCUT2D eigenvalue weighted by Gasteiger charge is -2.17. The average Bonchev–Trinajstić information content (AvgIpc) is 2.92. The Balaban J connectivity index is 1.84. The maximum atomic E-state index is 12.6. The minimum Gasteiger partial charge on any atom is -0.451 e. The van der Waals surface area contributed by atoms with E-state index in [4.69, 9.17) is 4.42 Å². The van der Waals surface area contributed by atoms with Gasteiger partial charge in [-0.2, -0.15) is 8.78 Å². The molecule has 0 unspecified atom stereocenters. The van der Waals surface area contributed by atoms with Gasteiger partial charge in [0.25, 0.3) is 5.91 Å². The molecule has 0 saturated carbocycles. The summed E-state index contributed by atoms with van der Waals surface area (Å²) in [5, 5.41) is 3.63. The number of aryl methyl sites for hydroxylation is 1. The lowest BCUT2D eigenvalue weighted by atomic mass is 10.1. The lowest BCUT2D eigenvalue weighted by Crippen LogP contribution is -2.27. The van der Waals surface area contributed by atoms with Gasteiger partial charge in [-0.15, -0.1) is 0 Å². The van der Waals surface area contributed by atoms with Crippen LogP contribution in [0.25, 0.3) is 11.0 Å². The molecule has 2 aromatic carbocycles. The zero-order valence-electron chi connectivity index (χ0n) is 13.8. The van der Waals surface area contributed by atoms with E-state index in [0.29, 0.717) is 11.1 Å². The van der Waals surface area contributed by atoms with Crippen molar-refractivity contribution in [1.82, 2.24) is 5.32 Å². The van der Waals surface area contributed by atoms with Crippen LogP contribution in [0.15, 0.2) is 52.9 Å². The van der Waals surface area contributed by atoms with Crippen LogP contribution in [0.1, 0.15) is 34.6 Å². The molecule has 1 N–H and O–H groups in total. The van der Waals surface area contributed by atoms with Gasteiger partial charge >= 0.3 is 6.61 Å². The molecule has 0 aliphatic rings. The van der Waals surface area contributed by atoms with Crippen molar-refractivity contribution >= 4 is 16.9 Å². The number of halogens is 2. The van der Waals surface area contributed by atoms with Gasteiger partial charge < -0.3 is 14.5 Å². The predicted octanol–water partition coefficient (Wildman–Crippen LogP) is 4.83. The molecule has 0 radical (unpaired) electrons. The van der Waals surface area contributed by atoms with E-state index in [1.165, 1.54) is 6.07 Å². The van der Waals surface area contributed by atoms with E-state index in [-0.39, 0.29) is 11.5 Å². The van der Waals surface area contributed by atoms with Crippen molar-refractivity contribution < 1.29 is 22.7 Å². The van der Waals surface area contributed by atoms with Crippen LogP contribution in [0.4, 0.5) is 8.78 Å². The molecule has 3 aromatic rings. The van der Waals surface area contributed by atoms with Crippen molar-refractivity contribution in [3.63, 3.8) is 0 Å². The molecule has 0 spiro atoms. The smallest absolute Gasteiger partial charge is 0.387 e. The Labute approximate surface area is 143 Å². The molecule has 1 aromatic heterocycles. The number of fused-ring (bicyclic) bond motifs is 1. The Kier molecular flexibility index (Phi) is 4.70. The highest BCUT2D eigenvalue weighted by Gasteiger charge is 2.21. The number of nitrogens with one attached hydrogen (secondary N) is 1. The molecule has 0 fully saturated rings. The first-order valence-corrected chi connectivity index (χ1v) is 7.80. The van der Waals surface area contributed by atoms with Crippen molar-refractivity contribution in [2.24, 2.45) is 0 Å². The van der Waals surface area contributed by atoms with Gasteiger partial charge in [-0.1, -0.05) is 36.4 Å². The fraction of sp³-hybridized carbons (Fsp3) is 0.211. The van der Waals surface area contributed by atoms with Crippen molar-refractivity contribution in [1.29, 1.82) is 0 Å². The molecule has 130 valence electrons. The summed E-state index contributed by atoms with van der Waals surface area (Å²) < 4.78 is 35.2. The third-order valence-corrected chi connectivity index (χ3v) is 4.00. The van der Waals surface area contributed by atoms with E-state index in [2.05, 4.69) is 10.1 Å². The molecule has 25 heavy (non-hydrogen) atoms. The quantitative estimate of drug-likeness (QED) is 0.720. The Morgan fingerprint density at radius 2 is 1.80 bits per heavy atom. The number of amides is 1. The molecule has 1 heterocycles. The number of benzene rings is 2. The second-order valence-electron chi connectivity index (χ2n) is 5.66. The number of carbonyl (C=O) groups excluding carboxylic acids is 1. The molecule has 0 aliphatic carbocycles. The number of para-hydroxylation sites is 2. The normalized spacial score (nSPS) is 12.4. The van der Waals surface area contributed by atoms with Crippen molar-refractivity contribution in [2.75, 3.05) is 0 Å². The van der Waals surface area contributed by atoms with Crippen LogP contribution in [-0.4, -0.2) is 12.5 Å². The molecule has 0 aliphatic heterocycles. The van der Waals surface area contributed by atoms with E-state index in [1.54, 1.807) is 38.1 Å². The van der Waals surface area contributed by atoms with Gasteiger partial charge in [-0.05, 0) is 26.0 Å². The highest BCUT2D eigenvalue weighted by atomic mass is 19.3. The Bertz CT molecular complexity index is 905. The van der Waals surface area contributed by atoms with Gasteiger partial charge in [0.2, 0.25) is 0 Å². The highest BCUT2D eigenvalue weighted by Crippen LogP contribution is 2.28. The summed E-state index contributed by atoms with van der Waals surface area (Å²) in [4.78, 5) is 12.6. The van der Waals surface area contributed by atoms with Gasteiger partial charge in [-0.3, -0.25) is 4.79 Å². The van der Waals surface area contributed by atoms with Crippen molar-refractivity contribution in [3.8, 4) is 5.75 Å². The SMILES string of the molecule is Cc1c(C(=O)N[C@@H](C)c2ccccc2OC(F)F)oc2ccccc12. The van der Waals surface area contributed by atoms with Crippen molar-refractivity contribution in [2.45, 2.75) is 26.5 Å². The van der Waals surface area contributed by atoms with Crippen LogP contribution >= 0.6 is 0 Å². The summed E-state index contributed by atoms with van der Waals surface area (Å²) in [6.07, 6.45) is 0. The minimum absolute atomic E-state index is 0.0339. The van der Waals surface area contributed by atoms with E-state index in [0.717, 1.165) is 10.9 Å². The summed E-state index contributed by atoms with van der Waals surface area (Å²) in [6, 6.07) is 13.2. The van der Waals surface area contributed by atoms with Gasteiger partial charge in [0.05, 0.1) is 6.04 Å². The molecule has 1 atom stereocenters. The summed E-state index contributed by atoms with van der Waals surface area (Å²) >= 11 is 0. The van der Waals surface area contributed by atoms with Gasteiger partial charge in [-0.25, -0.2) is 0 Å². The lowest BCUT2D eigenvalue weighted by molar-refractivity contribution is -0.0506. The first-order chi connectivity index (χ1) is 12.0. The monoisotopic (exact) mass is 345 g/mol. The second kappa shape index (κ2) is 6.93. The summed E-state index contributed by atoms with van der Waals surface area (Å²) in [5.41, 5.74) is 1.82. The van der Waals surface area contributed by atoms with Gasteiger partial charge in [0.15, 0.2) is 5.76 Å². The molecule has 1 amide bonds. The van der Waals surface area contributed by atoms with E-state index in [1.807, 2.05) is 18.2 Å². The number of hydrogen-bond acceptors (Lipinski definition) is 3. The number of hydrogen-bond donors (Lipinski definition) is 1. The van der Waals surface area contributed by atoms with E-state index >= 15 is 0 Å². The van der Waals surface area contributed by atoms with Crippen LogP contribution in [0.5, 0.6) is 5.75 Å². The Morgan fingerprint density at radius 1 is 1.12 bits per heavy atom. The number of carbonyl (C=O) groups is 1. The Morgan fingerprint density at radius 3 is 2.52 bits per heavy atom. The fourth-order valence-corrected chi connectivity index (χ4v) is 2.77. The minimum atomic E-state index is -2.93. The molecule has 3 rings (SSSR count). The third-order valence-electron chi connectivity index (χ3n) is 4.00. The number of furan rings is 1. The number of rotatable bonds is 5. The molecular weight excluding hydrogens is 328 g/mol. The van der Waals surface area contributed by atoms with E-state index < -0.39 is 18.6 Å². The average molecular weight is 345 g/mol. The largest absolute Gasteiger partial charge is 0.451 e. The summed E-state index contributed by atoms with van der Waals surface area (Å²) in [7, 11) is 0. The Hall–Kier alpha value is -2.89. The highest BCUT2D eigenvalue weighted by molar-refractivity contribution is 5.99. The van der Waals surface area contributed by atoms with Crippen LogP contribution in [0.2, 0.25) is 0 Å². The first kappa shape index (κ1) is 17.0. The molecule has 0 bridgehead atoms.